The van der Waals surface area contributed by atoms with Gasteiger partial charge in [-0.2, -0.15) is 0 Å². The number of hydrogen-bond donors (Lipinski definition) is 1. The minimum Gasteiger partial charge on any atom is -0.314 e. The maximum absolute atomic E-state index is 14.0. The standard InChI is InChI=1S/C20H29ClFN/c21-18-7-4-8-19(22)20(18)16-11-9-15(10-12-16)13-14-23-17-5-2-1-3-6-17/h4,7-8,15-17,23H,1-3,5-6,9-14H2. The Balaban J connectivity index is 1.41. The highest BCUT2D eigenvalue weighted by Gasteiger charge is 2.26. The molecule has 128 valence electrons. The van der Waals surface area contributed by atoms with Crippen molar-refractivity contribution < 1.29 is 4.39 Å². The molecule has 2 saturated carbocycles. The van der Waals surface area contributed by atoms with Crippen LogP contribution in [0.5, 0.6) is 0 Å². The number of halogens is 2. The summed E-state index contributed by atoms with van der Waals surface area (Å²) in [5, 5.41) is 4.35. The molecule has 0 amide bonds. The first-order chi connectivity index (χ1) is 11.2. The zero-order valence-electron chi connectivity index (χ0n) is 14.0. The Hall–Kier alpha value is -0.600. The van der Waals surface area contributed by atoms with E-state index in [1.54, 1.807) is 12.1 Å². The predicted octanol–water partition coefficient (Wildman–Crippen LogP) is 6.07. The Morgan fingerprint density at radius 1 is 1.00 bits per heavy atom. The fourth-order valence-corrected chi connectivity index (χ4v) is 4.76. The maximum Gasteiger partial charge on any atom is 0.128 e. The fourth-order valence-electron chi connectivity index (χ4n) is 4.44. The lowest BCUT2D eigenvalue weighted by atomic mass is 9.77. The van der Waals surface area contributed by atoms with Crippen molar-refractivity contribution in [3.05, 3.63) is 34.6 Å². The van der Waals surface area contributed by atoms with Gasteiger partial charge in [0, 0.05) is 16.6 Å². The van der Waals surface area contributed by atoms with Crippen LogP contribution in [0.2, 0.25) is 5.02 Å². The van der Waals surface area contributed by atoms with Gasteiger partial charge in [-0.1, -0.05) is 36.9 Å². The van der Waals surface area contributed by atoms with Crippen molar-refractivity contribution in [2.75, 3.05) is 6.54 Å². The van der Waals surface area contributed by atoms with E-state index in [9.17, 15) is 4.39 Å². The van der Waals surface area contributed by atoms with E-state index in [0.717, 1.165) is 36.9 Å². The smallest absolute Gasteiger partial charge is 0.128 e. The summed E-state index contributed by atoms with van der Waals surface area (Å²) in [6.45, 7) is 1.15. The second-order valence-corrected chi connectivity index (χ2v) is 7.84. The summed E-state index contributed by atoms with van der Waals surface area (Å²) in [5.41, 5.74) is 0.757. The van der Waals surface area contributed by atoms with Crippen LogP contribution in [0.3, 0.4) is 0 Å². The Kier molecular flexibility index (Phi) is 6.36. The third kappa shape index (κ3) is 4.70. The van der Waals surface area contributed by atoms with Gasteiger partial charge in [0.25, 0.3) is 0 Å². The molecule has 1 aromatic rings. The van der Waals surface area contributed by atoms with Gasteiger partial charge in [-0.15, -0.1) is 0 Å². The molecule has 0 saturated heterocycles. The Morgan fingerprint density at radius 3 is 2.43 bits per heavy atom. The number of hydrogen-bond acceptors (Lipinski definition) is 1. The SMILES string of the molecule is Fc1cccc(Cl)c1C1CCC(CCNC2CCCCC2)CC1. The van der Waals surface area contributed by atoms with E-state index in [1.807, 2.05) is 6.07 Å². The van der Waals surface area contributed by atoms with Gasteiger partial charge in [0.15, 0.2) is 0 Å². The largest absolute Gasteiger partial charge is 0.314 e. The molecule has 2 aliphatic rings. The number of rotatable bonds is 5. The molecule has 0 heterocycles. The molecule has 23 heavy (non-hydrogen) atoms. The highest BCUT2D eigenvalue weighted by molar-refractivity contribution is 6.31. The quantitative estimate of drug-likeness (QED) is 0.688. The molecule has 0 radical (unpaired) electrons. The monoisotopic (exact) mass is 337 g/mol. The van der Waals surface area contributed by atoms with Crippen molar-refractivity contribution in [3.8, 4) is 0 Å². The molecule has 0 aliphatic heterocycles. The summed E-state index contributed by atoms with van der Waals surface area (Å²) in [5.74, 6) is 0.985. The molecular weight excluding hydrogens is 309 g/mol. The van der Waals surface area contributed by atoms with E-state index in [4.69, 9.17) is 11.6 Å². The molecule has 1 N–H and O–H groups in total. The lowest BCUT2D eigenvalue weighted by molar-refractivity contribution is 0.290. The van der Waals surface area contributed by atoms with Crippen molar-refractivity contribution in [1.82, 2.24) is 5.32 Å². The lowest BCUT2D eigenvalue weighted by Gasteiger charge is -2.30. The minimum atomic E-state index is -0.125. The van der Waals surface area contributed by atoms with Crippen molar-refractivity contribution in [3.63, 3.8) is 0 Å². The van der Waals surface area contributed by atoms with Gasteiger partial charge in [0.1, 0.15) is 5.82 Å². The second kappa shape index (κ2) is 8.48. The van der Waals surface area contributed by atoms with Crippen LogP contribution in [0.25, 0.3) is 0 Å². The normalized spacial score (nSPS) is 26.3. The zero-order chi connectivity index (χ0) is 16.1. The summed E-state index contributed by atoms with van der Waals surface area (Å²) < 4.78 is 14.0. The van der Waals surface area contributed by atoms with Gasteiger partial charge in [0.05, 0.1) is 0 Å². The zero-order valence-corrected chi connectivity index (χ0v) is 14.8. The minimum absolute atomic E-state index is 0.125. The van der Waals surface area contributed by atoms with Crippen LogP contribution in [0.1, 0.15) is 75.7 Å². The van der Waals surface area contributed by atoms with Crippen molar-refractivity contribution in [1.29, 1.82) is 0 Å². The van der Waals surface area contributed by atoms with Gasteiger partial charge < -0.3 is 5.32 Å². The molecule has 0 bridgehead atoms. The maximum atomic E-state index is 14.0. The average molecular weight is 338 g/mol. The van der Waals surface area contributed by atoms with Gasteiger partial charge in [0.2, 0.25) is 0 Å². The first kappa shape index (κ1) is 17.2. The number of nitrogens with one attached hydrogen (secondary N) is 1. The average Bonchev–Trinajstić information content (AvgIpc) is 2.57. The molecule has 0 atom stereocenters. The summed E-state index contributed by atoms with van der Waals surface area (Å²) in [7, 11) is 0. The molecule has 2 fully saturated rings. The van der Waals surface area contributed by atoms with Crippen molar-refractivity contribution >= 4 is 11.6 Å². The Bertz CT molecular complexity index is 470. The van der Waals surface area contributed by atoms with E-state index in [-0.39, 0.29) is 5.82 Å². The Morgan fingerprint density at radius 2 is 1.74 bits per heavy atom. The van der Waals surface area contributed by atoms with E-state index in [2.05, 4.69) is 5.32 Å². The van der Waals surface area contributed by atoms with Crippen LogP contribution in [0.15, 0.2) is 18.2 Å². The van der Waals surface area contributed by atoms with Crippen LogP contribution in [0, 0.1) is 11.7 Å². The highest BCUT2D eigenvalue weighted by Crippen LogP contribution is 2.40. The molecule has 1 aromatic carbocycles. The summed E-state index contributed by atoms with van der Waals surface area (Å²) in [6.07, 6.45) is 12.8. The van der Waals surface area contributed by atoms with E-state index >= 15 is 0 Å². The summed E-state index contributed by atoms with van der Waals surface area (Å²) in [4.78, 5) is 0. The van der Waals surface area contributed by atoms with Crippen LogP contribution in [-0.4, -0.2) is 12.6 Å². The van der Waals surface area contributed by atoms with Gasteiger partial charge in [-0.3, -0.25) is 0 Å². The van der Waals surface area contributed by atoms with Crippen molar-refractivity contribution in [2.45, 2.75) is 76.2 Å². The second-order valence-electron chi connectivity index (χ2n) is 7.43. The van der Waals surface area contributed by atoms with Crippen LogP contribution in [-0.2, 0) is 0 Å². The van der Waals surface area contributed by atoms with Gasteiger partial charge in [-0.05, 0) is 75.5 Å². The molecule has 3 heteroatoms. The van der Waals surface area contributed by atoms with Crippen LogP contribution in [0.4, 0.5) is 4.39 Å². The van der Waals surface area contributed by atoms with Crippen LogP contribution >= 0.6 is 11.6 Å². The molecule has 0 spiro atoms. The fraction of sp³-hybridized carbons (Fsp3) is 0.700. The third-order valence-electron chi connectivity index (χ3n) is 5.85. The summed E-state index contributed by atoms with van der Waals surface area (Å²) in [6, 6.07) is 5.82. The predicted molar refractivity (Wildman–Crippen MR) is 95.6 cm³/mol. The lowest BCUT2D eigenvalue weighted by Crippen LogP contribution is -2.32. The molecule has 1 nitrogen and oxygen atoms in total. The van der Waals surface area contributed by atoms with E-state index in [0.29, 0.717) is 10.9 Å². The molecule has 0 unspecified atom stereocenters. The van der Waals surface area contributed by atoms with E-state index in [1.165, 1.54) is 51.4 Å². The van der Waals surface area contributed by atoms with Gasteiger partial charge in [-0.25, -0.2) is 4.39 Å². The first-order valence-electron chi connectivity index (χ1n) is 9.41. The first-order valence-corrected chi connectivity index (χ1v) is 9.79. The molecule has 3 rings (SSSR count). The van der Waals surface area contributed by atoms with Gasteiger partial charge >= 0.3 is 0 Å². The molecule has 0 aromatic heterocycles. The summed E-state index contributed by atoms with van der Waals surface area (Å²) >= 11 is 6.22. The topological polar surface area (TPSA) is 12.0 Å². The van der Waals surface area contributed by atoms with Crippen molar-refractivity contribution in [2.24, 2.45) is 5.92 Å². The van der Waals surface area contributed by atoms with E-state index < -0.39 is 0 Å². The molecule has 2 aliphatic carbocycles. The Labute approximate surface area is 145 Å². The number of benzene rings is 1. The third-order valence-corrected chi connectivity index (χ3v) is 6.18. The van der Waals surface area contributed by atoms with Crippen LogP contribution < -0.4 is 5.32 Å². The molecular formula is C20H29ClFN. The highest BCUT2D eigenvalue weighted by atomic mass is 35.5.